The minimum Gasteiger partial charge on any atom is -0.462 e. The van der Waals surface area contributed by atoms with Crippen LogP contribution in [0.5, 0.6) is 0 Å². The number of carbonyl (C=O) groups is 2. The SMILES string of the molecule is CCCCCCCCCCCCCCCCCCCCCCCCCC(=O)OC[C@@H](COP(=O)(O)OC[C@H](O)CO)OC(=O)CCCCCCCCCCCCCCCCCCCC. The van der Waals surface area contributed by atoms with E-state index < -0.39 is 51.8 Å². The summed E-state index contributed by atoms with van der Waals surface area (Å²) < 4.78 is 32.9. The van der Waals surface area contributed by atoms with E-state index in [4.69, 9.17) is 23.6 Å². The van der Waals surface area contributed by atoms with Crippen LogP contribution in [-0.2, 0) is 32.7 Å². The maximum absolute atomic E-state index is 12.7. The summed E-state index contributed by atoms with van der Waals surface area (Å²) in [4.78, 5) is 35.2. The summed E-state index contributed by atoms with van der Waals surface area (Å²) in [6.07, 6.45) is 50.8. The van der Waals surface area contributed by atoms with Crippen LogP contribution >= 0.6 is 7.82 Å². The molecule has 0 aliphatic rings. The molecule has 0 saturated heterocycles. The summed E-state index contributed by atoms with van der Waals surface area (Å²) in [5, 5.41) is 18.4. The van der Waals surface area contributed by atoms with Crippen LogP contribution in [0.4, 0.5) is 0 Å². The lowest BCUT2D eigenvalue weighted by Crippen LogP contribution is -2.29. The topological polar surface area (TPSA) is 149 Å². The lowest BCUT2D eigenvalue weighted by atomic mass is 10.0. The van der Waals surface area contributed by atoms with Gasteiger partial charge in [0.2, 0.25) is 0 Å². The van der Waals surface area contributed by atoms with Crippen LogP contribution in [-0.4, -0.2) is 65.7 Å². The first kappa shape index (κ1) is 63.0. The molecular weight excluding hydrogens is 828 g/mol. The lowest BCUT2D eigenvalue weighted by Gasteiger charge is -2.20. The third-order valence-electron chi connectivity index (χ3n) is 12.5. The van der Waals surface area contributed by atoms with E-state index >= 15 is 0 Å². The number of aliphatic hydroxyl groups excluding tert-OH is 2. The fourth-order valence-electron chi connectivity index (χ4n) is 8.29. The molecule has 0 heterocycles. The number of esters is 2. The molecule has 0 amide bonds. The molecule has 0 rings (SSSR count). The smallest absolute Gasteiger partial charge is 0.462 e. The Morgan fingerprint density at radius 2 is 0.672 bits per heavy atom. The summed E-state index contributed by atoms with van der Waals surface area (Å²) in [6.45, 7) is 2.47. The first-order chi connectivity index (χ1) is 31.2. The number of carbonyl (C=O) groups excluding carboxylic acids is 2. The van der Waals surface area contributed by atoms with Gasteiger partial charge in [0, 0.05) is 12.8 Å². The third-order valence-corrected chi connectivity index (χ3v) is 13.5. The van der Waals surface area contributed by atoms with Crippen LogP contribution in [0.15, 0.2) is 0 Å². The normalized spacial score (nSPS) is 13.5. The van der Waals surface area contributed by atoms with Crippen molar-refractivity contribution in [3.63, 3.8) is 0 Å². The number of hydrogen-bond acceptors (Lipinski definition) is 9. The van der Waals surface area contributed by atoms with Crippen LogP contribution in [0.1, 0.15) is 290 Å². The van der Waals surface area contributed by atoms with Crippen molar-refractivity contribution in [3.05, 3.63) is 0 Å². The first-order valence-electron chi connectivity index (χ1n) is 27.5. The Labute approximate surface area is 394 Å². The largest absolute Gasteiger partial charge is 0.472 e. The van der Waals surface area contributed by atoms with Gasteiger partial charge in [0.15, 0.2) is 6.10 Å². The summed E-state index contributed by atoms with van der Waals surface area (Å²) >= 11 is 0. The minimum absolute atomic E-state index is 0.193. The molecule has 10 nitrogen and oxygen atoms in total. The van der Waals surface area contributed by atoms with E-state index in [1.165, 1.54) is 218 Å². The Hall–Kier alpha value is -1.03. The van der Waals surface area contributed by atoms with Crippen molar-refractivity contribution in [3.8, 4) is 0 Å². The van der Waals surface area contributed by atoms with E-state index in [2.05, 4.69) is 13.8 Å². The Kier molecular flexibility index (Phi) is 49.1. The second-order valence-corrected chi connectivity index (χ2v) is 20.4. The van der Waals surface area contributed by atoms with Crippen molar-refractivity contribution in [1.82, 2.24) is 0 Å². The van der Waals surface area contributed by atoms with Crippen molar-refractivity contribution in [2.24, 2.45) is 0 Å². The van der Waals surface area contributed by atoms with Crippen LogP contribution in [0.25, 0.3) is 0 Å². The quantitative estimate of drug-likeness (QED) is 0.0306. The van der Waals surface area contributed by atoms with E-state index in [-0.39, 0.29) is 19.4 Å². The van der Waals surface area contributed by atoms with Crippen LogP contribution in [0.2, 0.25) is 0 Å². The second-order valence-electron chi connectivity index (χ2n) is 19.0. The molecule has 0 aromatic heterocycles. The molecule has 64 heavy (non-hydrogen) atoms. The van der Waals surface area contributed by atoms with E-state index in [1.54, 1.807) is 0 Å². The molecule has 1 unspecified atom stereocenters. The van der Waals surface area contributed by atoms with Gasteiger partial charge in [-0.05, 0) is 12.8 Å². The maximum Gasteiger partial charge on any atom is 0.472 e. The molecule has 0 aromatic carbocycles. The zero-order valence-electron chi connectivity index (χ0n) is 42.0. The van der Waals surface area contributed by atoms with Gasteiger partial charge in [0.25, 0.3) is 0 Å². The highest BCUT2D eigenvalue weighted by molar-refractivity contribution is 7.47. The average Bonchev–Trinajstić information content (AvgIpc) is 3.28. The number of aliphatic hydroxyl groups is 2. The molecule has 0 radical (unpaired) electrons. The Bertz CT molecular complexity index is 1030. The minimum atomic E-state index is -4.62. The number of phosphoric acid groups is 1. The lowest BCUT2D eigenvalue weighted by molar-refractivity contribution is -0.161. The molecule has 0 fully saturated rings. The molecular formula is C53H105O10P. The van der Waals surface area contributed by atoms with Crippen LogP contribution in [0.3, 0.4) is 0 Å². The Morgan fingerprint density at radius 3 is 0.969 bits per heavy atom. The zero-order chi connectivity index (χ0) is 46.9. The van der Waals surface area contributed by atoms with Gasteiger partial charge < -0.3 is 24.6 Å². The molecule has 0 aromatic rings. The predicted octanol–water partition coefficient (Wildman–Crippen LogP) is 15.7. The Balaban J connectivity index is 4.06. The maximum atomic E-state index is 12.7. The monoisotopic (exact) mass is 933 g/mol. The molecule has 3 atom stereocenters. The fourth-order valence-corrected chi connectivity index (χ4v) is 9.08. The zero-order valence-corrected chi connectivity index (χ0v) is 42.9. The third kappa shape index (κ3) is 48.9. The van der Waals surface area contributed by atoms with Crippen molar-refractivity contribution < 1.29 is 47.8 Å². The molecule has 3 N–H and O–H groups in total. The van der Waals surface area contributed by atoms with Crippen molar-refractivity contribution >= 4 is 19.8 Å². The highest BCUT2D eigenvalue weighted by Crippen LogP contribution is 2.43. The van der Waals surface area contributed by atoms with E-state index in [1.807, 2.05) is 0 Å². The summed E-state index contributed by atoms with van der Waals surface area (Å²) in [5.74, 6) is -0.900. The standard InChI is InChI=1S/C53H105O10P/c1-3-5-7-9-11-13-15-17-19-21-23-24-25-26-27-29-30-32-34-36-38-40-42-44-52(56)60-48-51(49-62-64(58,59)61-47-50(55)46-54)63-53(57)45-43-41-39-37-35-33-31-28-22-20-18-16-14-12-10-8-6-4-2/h50-51,54-55H,3-49H2,1-2H3,(H,58,59)/t50-,51+/m1/s1. The van der Waals surface area contributed by atoms with Gasteiger partial charge in [-0.3, -0.25) is 18.6 Å². The molecule has 0 aliphatic heterocycles. The predicted molar refractivity (Wildman–Crippen MR) is 266 cm³/mol. The van der Waals surface area contributed by atoms with Crippen LogP contribution in [0, 0.1) is 0 Å². The number of phosphoric ester groups is 1. The first-order valence-corrected chi connectivity index (χ1v) is 29.0. The number of unbranched alkanes of at least 4 members (excludes halogenated alkanes) is 39. The summed E-state index contributed by atoms with van der Waals surface area (Å²) in [7, 11) is -4.62. The van der Waals surface area contributed by atoms with E-state index in [9.17, 15) is 24.2 Å². The molecule has 382 valence electrons. The highest BCUT2D eigenvalue weighted by Gasteiger charge is 2.27. The number of hydrogen-bond donors (Lipinski definition) is 3. The van der Waals surface area contributed by atoms with Gasteiger partial charge in [-0.1, -0.05) is 264 Å². The Morgan fingerprint density at radius 1 is 0.406 bits per heavy atom. The van der Waals surface area contributed by atoms with E-state index in [0.29, 0.717) is 12.8 Å². The molecule has 0 spiro atoms. The number of rotatable bonds is 53. The summed E-state index contributed by atoms with van der Waals surface area (Å²) in [6, 6.07) is 0. The molecule has 0 bridgehead atoms. The second kappa shape index (κ2) is 49.9. The van der Waals surface area contributed by atoms with Crippen LogP contribution < -0.4 is 0 Å². The van der Waals surface area contributed by atoms with Gasteiger partial charge in [-0.25, -0.2) is 4.57 Å². The van der Waals surface area contributed by atoms with Crippen molar-refractivity contribution in [1.29, 1.82) is 0 Å². The fraction of sp³-hybridized carbons (Fsp3) is 0.962. The van der Waals surface area contributed by atoms with Gasteiger partial charge in [-0.15, -0.1) is 0 Å². The molecule has 0 saturated carbocycles. The highest BCUT2D eigenvalue weighted by atomic mass is 31.2. The van der Waals surface area contributed by atoms with Crippen molar-refractivity contribution in [2.45, 2.75) is 302 Å². The van der Waals surface area contributed by atoms with Crippen molar-refractivity contribution in [2.75, 3.05) is 26.4 Å². The average molecular weight is 933 g/mol. The van der Waals surface area contributed by atoms with E-state index in [0.717, 1.165) is 32.1 Å². The summed E-state index contributed by atoms with van der Waals surface area (Å²) in [5.41, 5.74) is 0. The van der Waals surface area contributed by atoms with Gasteiger partial charge >= 0.3 is 19.8 Å². The molecule has 0 aliphatic carbocycles. The molecule has 11 heteroatoms. The van der Waals surface area contributed by atoms with Gasteiger partial charge in [0.05, 0.1) is 19.8 Å². The van der Waals surface area contributed by atoms with Gasteiger partial charge in [-0.2, -0.15) is 0 Å². The van der Waals surface area contributed by atoms with Gasteiger partial charge in [0.1, 0.15) is 12.7 Å². The number of ether oxygens (including phenoxy) is 2.